The zero-order valence-electron chi connectivity index (χ0n) is 13.6. The van der Waals surface area contributed by atoms with Gasteiger partial charge in [-0.15, -0.1) is 24.0 Å². The Morgan fingerprint density at radius 2 is 1.87 bits per heavy atom. The second kappa shape index (κ2) is 9.61. The Morgan fingerprint density at radius 3 is 2.39 bits per heavy atom. The minimum atomic E-state index is -4.32. The lowest BCUT2D eigenvalue weighted by molar-refractivity contribution is -0.137. The monoisotopic (exact) mass is 461 g/mol. The summed E-state index contributed by atoms with van der Waals surface area (Å²) < 4.78 is 38.0. The molecule has 0 amide bonds. The molecular formula is C15H23F3IN3S. The van der Waals surface area contributed by atoms with Crippen molar-refractivity contribution in [2.24, 2.45) is 4.99 Å². The molecule has 0 heterocycles. The number of nitrogens with one attached hydrogen (secondary N) is 2. The normalized spacial score (nSPS) is 12.6. The number of thioether (sulfide) groups is 1. The first-order chi connectivity index (χ1) is 10.2. The predicted octanol–water partition coefficient (Wildman–Crippen LogP) is 4.13. The van der Waals surface area contributed by atoms with Gasteiger partial charge in [-0.2, -0.15) is 24.9 Å². The van der Waals surface area contributed by atoms with Crippen molar-refractivity contribution < 1.29 is 13.2 Å². The van der Waals surface area contributed by atoms with E-state index >= 15 is 0 Å². The Labute approximate surface area is 156 Å². The van der Waals surface area contributed by atoms with Crippen LogP contribution in [0.4, 0.5) is 13.2 Å². The highest BCUT2D eigenvalue weighted by Crippen LogP contribution is 2.29. The number of hydrogen-bond donors (Lipinski definition) is 2. The third-order valence-electron chi connectivity index (χ3n) is 3.17. The molecule has 0 saturated carbocycles. The Morgan fingerprint density at radius 1 is 1.22 bits per heavy atom. The van der Waals surface area contributed by atoms with Crippen LogP contribution in [0.25, 0.3) is 0 Å². The van der Waals surface area contributed by atoms with Crippen molar-refractivity contribution in [1.82, 2.24) is 10.6 Å². The largest absolute Gasteiger partial charge is 0.416 e. The molecule has 0 aliphatic heterocycles. The number of rotatable bonds is 5. The van der Waals surface area contributed by atoms with Crippen LogP contribution < -0.4 is 10.6 Å². The molecule has 0 atom stereocenters. The molecule has 0 bridgehead atoms. The maximum absolute atomic E-state index is 12.7. The number of aliphatic imine (C=N–C) groups is 1. The molecule has 23 heavy (non-hydrogen) atoms. The summed E-state index contributed by atoms with van der Waals surface area (Å²) in [6.45, 7) is 5.19. The van der Waals surface area contributed by atoms with E-state index in [0.717, 1.165) is 12.1 Å². The van der Waals surface area contributed by atoms with Crippen molar-refractivity contribution in [1.29, 1.82) is 0 Å². The molecular weight excluding hydrogens is 438 g/mol. The Kier molecular flexibility index (Phi) is 9.34. The molecule has 3 nitrogen and oxygen atoms in total. The molecule has 2 N–H and O–H groups in total. The fraction of sp³-hybridized carbons (Fsp3) is 0.533. The topological polar surface area (TPSA) is 36.4 Å². The number of alkyl halides is 3. The van der Waals surface area contributed by atoms with E-state index < -0.39 is 11.7 Å². The molecule has 1 rings (SSSR count). The fourth-order valence-corrected chi connectivity index (χ4v) is 1.85. The van der Waals surface area contributed by atoms with Crippen molar-refractivity contribution in [3.8, 4) is 0 Å². The summed E-state index contributed by atoms with van der Waals surface area (Å²) in [5.41, 5.74) is -0.0832. The molecule has 1 aromatic carbocycles. The highest BCUT2D eigenvalue weighted by atomic mass is 127. The molecule has 0 saturated heterocycles. The Bertz CT molecular complexity index is 519. The van der Waals surface area contributed by atoms with E-state index in [2.05, 4.69) is 29.5 Å². The number of nitrogens with zero attached hydrogens (tertiary/aromatic N) is 1. The smallest absolute Gasteiger partial charge is 0.355 e. The van der Waals surface area contributed by atoms with E-state index in [0.29, 0.717) is 18.1 Å². The van der Waals surface area contributed by atoms with E-state index in [1.165, 1.54) is 6.07 Å². The zero-order valence-corrected chi connectivity index (χ0v) is 16.8. The first-order valence-electron chi connectivity index (χ1n) is 6.84. The van der Waals surface area contributed by atoms with Crippen LogP contribution in [0.5, 0.6) is 0 Å². The SMILES string of the molecule is CN=C(NCc1cccc(C(F)(F)F)c1)NCC(C)(C)SC.I. The van der Waals surface area contributed by atoms with Crippen molar-refractivity contribution in [3.05, 3.63) is 35.4 Å². The van der Waals surface area contributed by atoms with Crippen LogP contribution in [0, 0.1) is 0 Å². The molecule has 0 spiro atoms. The summed E-state index contributed by atoms with van der Waals surface area (Å²) >= 11 is 1.73. The summed E-state index contributed by atoms with van der Waals surface area (Å²) in [4.78, 5) is 4.07. The van der Waals surface area contributed by atoms with E-state index in [1.54, 1.807) is 24.9 Å². The Hall–Kier alpha value is -0.640. The van der Waals surface area contributed by atoms with E-state index in [1.807, 2.05) is 6.26 Å². The molecule has 0 unspecified atom stereocenters. The third-order valence-corrected chi connectivity index (χ3v) is 4.42. The lowest BCUT2D eigenvalue weighted by Crippen LogP contribution is -2.43. The molecule has 0 aliphatic rings. The number of halogens is 4. The summed E-state index contributed by atoms with van der Waals surface area (Å²) in [5.74, 6) is 0.569. The van der Waals surface area contributed by atoms with E-state index in [4.69, 9.17) is 0 Å². The zero-order chi connectivity index (χ0) is 16.8. The summed E-state index contributed by atoms with van der Waals surface area (Å²) in [7, 11) is 1.63. The van der Waals surface area contributed by atoms with Gasteiger partial charge in [-0.25, -0.2) is 0 Å². The van der Waals surface area contributed by atoms with Gasteiger partial charge in [0.25, 0.3) is 0 Å². The molecule has 0 fully saturated rings. The first kappa shape index (κ1) is 22.4. The molecule has 0 aliphatic carbocycles. The van der Waals surface area contributed by atoms with Gasteiger partial charge in [-0.3, -0.25) is 4.99 Å². The standard InChI is InChI=1S/C15H22F3N3S.HI/c1-14(2,22-4)10-21-13(19-3)20-9-11-6-5-7-12(8-11)15(16,17)18;/h5-8H,9-10H2,1-4H3,(H2,19,20,21);1H. The van der Waals surface area contributed by atoms with Crippen molar-refractivity contribution in [2.75, 3.05) is 19.8 Å². The van der Waals surface area contributed by atoms with E-state index in [9.17, 15) is 13.2 Å². The van der Waals surface area contributed by atoms with Gasteiger partial charge < -0.3 is 10.6 Å². The van der Waals surface area contributed by atoms with Crippen molar-refractivity contribution in [3.63, 3.8) is 0 Å². The van der Waals surface area contributed by atoms with E-state index in [-0.39, 0.29) is 35.3 Å². The van der Waals surface area contributed by atoms with Crippen LogP contribution in [-0.2, 0) is 12.7 Å². The first-order valence-corrected chi connectivity index (χ1v) is 8.06. The lowest BCUT2D eigenvalue weighted by atomic mass is 10.1. The Balaban J connectivity index is 0.00000484. The minimum absolute atomic E-state index is 0. The molecule has 132 valence electrons. The fourth-order valence-electron chi connectivity index (χ4n) is 1.63. The van der Waals surface area contributed by atoms with Crippen LogP contribution in [0.3, 0.4) is 0 Å². The lowest BCUT2D eigenvalue weighted by Gasteiger charge is -2.23. The molecule has 8 heteroatoms. The van der Waals surface area contributed by atoms with Gasteiger partial charge in [0.05, 0.1) is 5.56 Å². The third kappa shape index (κ3) is 8.14. The molecule has 1 aromatic rings. The van der Waals surface area contributed by atoms with Crippen molar-refractivity contribution in [2.45, 2.75) is 31.3 Å². The summed E-state index contributed by atoms with van der Waals surface area (Å²) in [6, 6.07) is 5.28. The second-order valence-electron chi connectivity index (χ2n) is 5.44. The number of hydrogen-bond acceptors (Lipinski definition) is 2. The quantitative estimate of drug-likeness (QED) is 0.394. The maximum atomic E-state index is 12.7. The van der Waals surface area contributed by atoms with Gasteiger partial charge in [0, 0.05) is 24.9 Å². The highest BCUT2D eigenvalue weighted by molar-refractivity contribution is 14.0. The average Bonchev–Trinajstić information content (AvgIpc) is 2.47. The van der Waals surface area contributed by atoms with Gasteiger partial charge in [0.1, 0.15) is 0 Å². The maximum Gasteiger partial charge on any atom is 0.416 e. The van der Waals surface area contributed by atoms with Crippen LogP contribution in [0.15, 0.2) is 29.3 Å². The van der Waals surface area contributed by atoms with Crippen molar-refractivity contribution >= 4 is 41.7 Å². The predicted molar refractivity (Wildman–Crippen MR) is 103 cm³/mol. The summed E-state index contributed by atoms with van der Waals surface area (Å²) in [6.07, 6.45) is -2.29. The van der Waals surface area contributed by atoms with Gasteiger partial charge >= 0.3 is 6.18 Å². The van der Waals surface area contributed by atoms with Crippen LogP contribution in [0.2, 0.25) is 0 Å². The minimum Gasteiger partial charge on any atom is -0.355 e. The number of benzene rings is 1. The summed E-state index contributed by atoms with van der Waals surface area (Å²) in [5, 5.41) is 6.19. The van der Waals surface area contributed by atoms with Crippen LogP contribution in [-0.4, -0.2) is 30.6 Å². The van der Waals surface area contributed by atoms with Gasteiger partial charge in [0.15, 0.2) is 5.96 Å². The van der Waals surface area contributed by atoms with Crippen LogP contribution in [0.1, 0.15) is 25.0 Å². The molecule has 0 radical (unpaired) electrons. The van der Waals surface area contributed by atoms with Gasteiger partial charge in [0.2, 0.25) is 0 Å². The highest BCUT2D eigenvalue weighted by Gasteiger charge is 2.30. The second-order valence-corrected chi connectivity index (χ2v) is 6.95. The average molecular weight is 461 g/mol. The van der Waals surface area contributed by atoms with Gasteiger partial charge in [-0.05, 0) is 37.8 Å². The van der Waals surface area contributed by atoms with Gasteiger partial charge in [-0.1, -0.05) is 12.1 Å². The number of guanidine groups is 1. The molecule has 0 aromatic heterocycles. The van der Waals surface area contributed by atoms with Crippen LogP contribution >= 0.6 is 35.7 Å².